The standard InChI is InChI=1S/C16H26F2N2/c1-12(2)9-15(20(3)4)11-19-10-13-5-7-14(8-6-13)16(17)18/h5-8,12,15-16,19H,9-11H2,1-4H3. The Labute approximate surface area is 121 Å². The first-order chi connectivity index (χ1) is 9.40. The number of likely N-dealkylation sites (N-methyl/N-ethyl adjacent to an activating group) is 1. The summed E-state index contributed by atoms with van der Waals surface area (Å²) in [4.78, 5) is 2.23. The van der Waals surface area contributed by atoms with E-state index >= 15 is 0 Å². The van der Waals surface area contributed by atoms with E-state index < -0.39 is 6.43 Å². The molecule has 0 aromatic heterocycles. The summed E-state index contributed by atoms with van der Waals surface area (Å²) in [5, 5.41) is 3.41. The SMILES string of the molecule is CC(C)CC(CNCc1ccc(C(F)F)cc1)N(C)C. The average molecular weight is 284 g/mol. The fourth-order valence-electron chi connectivity index (χ4n) is 2.18. The molecular formula is C16H26F2N2. The van der Waals surface area contributed by atoms with Gasteiger partial charge in [-0.3, -0.25) is 0 Å². The molecule has 20 heavy (non-hydrogen) atoms. The van der Waals surface area contributed by atoms with E-state index in [0.29, 0.717) is 18.5 Å². The monoisotopic (exact) mass is 284 g/mol. The maximum atomic E-state index is 12.4. The van der Waals surface area contributed by atoms with Crippen molar-refractivity contribution in [2.75, 3.05) is 20.6 Å². The number of hydrogen-bond donors (Lipinski definition) is 1. The smallest absolute Gasteiger partial charge is 0.263 e. The highest BCUT2D eigenvalue weighted by Gasteiger charge is 2.12. The molecule has 1 atom stereocenters. The lowest BCUT2D eigenvalue weighted by Gasteiger charge is -2.26. The van der Waals surface area contributed by atoms with Crippen LogP contribution in [-0.4, -0.2) is 31.6 Å². The van der Waals surface area contributed by atoms with Crippen LogP contribution in [0, 0.1) is 5.92 Å². The Hall–Kier alpha value is -1.00. The van der Waals surface area contributed by atoms with E-state index in [2.05, 4.69) is 38.2 Å². The summed E-state index contributed by atoms with van der Waals surface area (Å²) < 4.78 is 24.9. The van der Waals surface area contributed by atoms with E-state index in [1.54, 1.807) is 12.1 Å². The zero-order valence-corrected chi connectivity index (χ0v) is 12.9. The molecule has 0 bridgehead atoms. The maximum absolute atomic E-state index is 12.4. The van der Waals surface area contributed by atoms with Crippen molar-refractivity contribution in [3.63, 3.8) is 0 Å². The van der Waals surface area contributed by atoms with Gasteiger partial charge in [0.15, 0.2) is 0 Å². The lowest BCUT2D eigenvalue weighted by Crippen LogP contribution is -2.38. The molecule has 0 saturated carbocycles. The quantitative estimate of drug-likeness (QED) is 0.783. The third-order valence-corrected chi connectivity index (χ3v) is 3.41. The van der Waals surface area contributed by atoms with Crippen molar-refractivity contribution in [1.82, 2.24) is 10.2 Å². The highest BCUT2D eigenvalue weighted by atomic mass is 19.3. The van der Waals surface area contributed by atoms with E-state index in [9.17, 15) is 8.78 Å². The molecule has 1 aromatic carbocycles. The topological polar surface area (TPSA) is 15.3 Å². The summed E-state index contributed by atoms with van der Waals surface area (Å²) in [5.41, 5.74) is 1.12. The fourth-order valence-corrected chi connectivity index (χ4v) is 2.18. The molecule has 1 N–H and O–H groups in total. The summed E-state index contributed by atoms with van der Waals surface area (Å²) in [7, 11) is 4.18. The van der Waals surface area contributed by atoms with Gasteiger partial charge in [0.1, 0.15) is 0 Å². The maximum Gasteiger partial charge on any atom is 0.263 e. The molecule has 0 fully saturated rings. The van der Waals surface area contributed by atoms with Crippen LogP contribution in [0.1, 0.15) is 37.8 Å². The molecule has 0 aliphatic carbocycles. The molecule has 1 aromatic rings. The highest BCUT2D eigenvalue weighted by molar-refractivity contribution is 5.23. The Bertz CT molecular complexity index is 375. The first kappa shape index (κ1) is 17.1. The third kappa shape index (κ3) is 5.97. The lowest BCUT2D eigenvalue weighted by molar-refractivity contribution is 0.151. The second kappa shape index (κ2) is 8.32. The Kier molecular flexibility index (Phi) is 7.10. The minimum atomic E-state index is -2.39. The van der Waals surface area contributed by atoms with Crippen molar-refractivity contribution < 1.29 is 8.78 Å². The zero-order chi connectivity index (χ0) is 15.1. The van der Waals surface area contributed by atoms with Crippen molar-refractivity contribution in [3.05, 3.63) is 35.4 Å². The second-order valence-corrected chi connectivity index (χ2v) is 5.92. The molecule has 2 nitrogen and oxygen atoms in total. The van der Waals surface area contributed by atoms with Gasteiger partial charge in [-0.15, -0.1) is 0 Å². The van der Waals surface area contributed by atoms with Gasteiger partial charge < -0.3 is 10.2 Å². The van der Waals surface area contributed by atoms with Gasteiger partial charge in [0, 0.05) is 24.7 Å². The summed E-state index contributed by atoms with van der Waals surface area (Å²) in [6.45, 7) is 6.06. The van der Waals surface area contributed by atoms with Crippen LogP contribution in [0.25, 0.3) is 0 Å². The van der Waals surface area contributed by atoms with Crippen LogP contribution < -0.4 is 5.32 Å². The van der Waals surface area contributed by atoms with Gasteiger partial charge in [0.05, 0.1) is 0 Å². The first-order valence-corrected chi connectivity index (χ1v) is 7.14. The Morgan fingerprint density at radius 1 is 1.10 bits per heavy atom. The van der Waals surface area contributed by atoms with Crippen LogP contribution in [0.4, 0.5) is 8.78 Å². The largest absolute Gasteiger partial charge is 0.311 e. The molecule has 0 amide bonds. The minimum absolute atomic E-state index is 0.0831. The summed E-state index contributed by atoms with van der Waals surface area (Å²) in [5.74, 6) is 0.662. The van der Waals surface area contributed by atoms with E-state index in [4.69, 9.17) is 0 Å². The normalized spacial score (nSPS) is 13.4. The van der Waals surface area contributed by atoms with Crippen molar-refractivity contribution in [2.24, 2.45) is 5.92 Å². The number of nitrogens with one attached hydrogen (secondary N) is 1. The van der Waals surface area contributed by atoms with Gasteiger partial charge in [0.25, 0.3) is 6.43 Å². The van der Waals surface area contributed by atoms with Gasteiger partial charge in [-0.1, -0.05) is 38.1 Å². The molecule has 0 radical (unpaired) electrons. The van der Waals surface area contributed by atoms with Crippen LogP contribution in [0.15, 0.2) is 24.3 Å². The van der Waals surface area contributed by atoms with Gasteiger partial charge in [-0.2, -0.15) is 0 Å². The van der Waals surface area contributed by atoms with Gasteiger partial charge >= 0.3 is 0 Å². The number of hydrogen-bond acceptors (Lipinski definition) is 2. The fraction of sp³-hybridized carbons (Fsp3) is 0.625. The van der Waals surface area contributed by atoms with E-state index in [1.807, 2.05) is 0 Å². The van der Waals surface area contributed by atoms with E-state index in [-0.39, 0.29) is 5.56 Å². The van der Waals surface area contributed by atoms with Crippen molar-refractivity contribution in [2.45, 2.75) is 39.3 Å². The Morgan fingerprint density at radius 2 is 1.70 bits per heavy atom. The molecule has 0 spiro atoms. The number of nitrogens with zero attached hydrogens (tertiary/aromatic N) is 1. The predicted octanol–water partition coefficient (Wildman–Crippen LogP) is 3.69. The molecule has 0 aliphatic rings. The van der Waals surface area contributed by atoms with Crippen LogP contribution >= 0.6 is 0 Å². The van der Waals surface area contributed by atoms with Crippen LogP contribution in [0.5, 0.6) is 0 Å². The highest BCUT2D eigenvalue weighted by Crippen LogP contribution is 2.18. The summed E-state index contributed by atoms with van der Waals surface area (Å²) in [6, 6.07) is 7.03. The van der Waals surface area contributed by atoms with Gasteiger partial charge in [-0.25, -0.2) is 8.78 Å². The third-order valence-electron chi connectivity index (χ3n) is 3.41. The molecule has 1 unspecified atom stereocenters. The second-order valence-electron chi connectivity index (χ2n) is 5.92. The Balaban J connectivity index is 2.42. The van der Waals surface area contributed by atoms with Crippen molar-refractivity contribution >= 4 is 0 Å². The van der Waals surface area contributed by atoms with E-state index in [1.165, 1.54) is 12.1 Å². The molecule has 114 valence electrons. The number of benzene rings is 1. The van der Waals surface area contributed by atoms with Crippen molar-refractivity contribution in [1.29, 1.82) is 0 Å². The lowest BCUT2D eigenvalue weighted by atomic mass is 10.0. The van der Waals surface area contributed by atoms with Crippen LogP contribution in [0.2, 0.25) is 0 Å². The molecule has 0 saturated heterocycles. The predicted molar refractivity (Wildman–Crippen MR) is 80.0 cm³/mol. The van der Waals surface area contributed by atoms with Crippen LogP contribution in [0.3, 0.4) is 0 Å². The van der Waals surface area contributed by atoms with Crippen LogP contribution in [-0.2, 0) is 6.54 Å². The van der Waals surface area contributed by atoms with Crippen molar-refractivity contribution in [3.8, 4) is 0 Å². The molecule has 0 aliphatic heterocycles. The molecular weight excluding hydrogens is 258 g/mol. The van der Waals surface area contributed by atoms with Gasteiger partial charge in [0.2, 0.25) is 0 Å². The average Bonchev–Trinajstić information content (AvgIpc) is 2.37. The first-order valence-electron chi connectivity index (χ1n) is 7.14. The summed E-state index contributed by atoms with van der Waals surface area (Å²) >= 11 is 0. The van der Waals surface area contributed by atoms with E-state index in [0.717, 1.165) is 18.5 Å². The zero-order valence-electron chi connectivity index (χ0n) is 12.9. The molecule has 0 heterocycles. The number of rotatable bonds is 8. The molecule has 1 rings (SSSR count). The van der Waals surface area contributed by atoms with Gasteiger partial charge in [-0.05, 0) is 32.0 Å². The molecule has 4 heteroatoms. The number of alkyl halides is 2. The minimum Gasteiger partial charge on any atom is -0.311 e. The summed E-state index contributed by atoms with van der Waals surface area (Å²) in [6.07, 6.45) is -1.24. The number of halogens is 2. The Morgan fingerprint density at radius 3 is 2.15 bits per heavy atom.